The molecule has 2 fully saturated rings. The van der Waals surface area contributed by atoms with Crippen LogP contribution < -0.4 is 0 Å². The molecule has 2 unspecified atom stereocenters. The van der Waals surface area contributed by atoms with E-state index in [2.05, 4.69) is 25.5 Å². The molecule has 0 saturated carbocycles. The van der Waals surface area contributed by atoms with Crippen LogP contribution in [0.25, 0.3) is 11.0 Å². The van der Waals surface area contributed by atoms with Crippen LogP contribution in [-0.4, -0.2) is 38.6 Å². The molecule has 2 aliphatic heterocycles. The first-order chi connectivity index (χ1) is 9.38. The van der Waals surface area contributed by atoms with E-state index in [1.165, 1.54) is 37.9 Å². The molecule has 0 aromatic carbocycles. The van der Waals surface area contributed by atoms with Gasteiger partial charge in [0.1, 0.15) is 11.3 Å². The summed E-state index contributed by atoms with van der Waals surface area (Å²) in [5.41, 5.74) is 2.15. The van der Waals surface area contributed by atoms with Crippen LogP contribution >= 0.6 is 11.6 Å². The lowest BCUT2D eigenvalue weighted by atomic mass is 10.1. The average Bonchev–Trinajstić information content (AvgIpc) is 3.10. The Hall–Kier alpha value is -1.13. The SMILES string of the molecule is ClCc1nc2cnccc2n1C1CCN2CCCC12. The minimum atomic E-state index is 0.470. The van der Waals surface area contributed by atoms with Gasteiger partial charge < -0.3 is 4.57 Å². The van der Waals surface area contributed by atoms with Gasteiger partial charge >= 0.3 is 0 Å². The first-order valence-electron chi connectivity index (χ1n) is 6.99. The van der Waals surface area contributed by atoms with E-state index in [-0.39, 0.29) is 0 Å². The molecule has 4 rings (SSSR count). The van der Waals surface area contributed by atoms with Crippen molar-refractivity contribution in [1.29, 1.82) is 0 Å². The molecule has 2 aliphatic rings. The monoisotopic (exact) mass is 276 g/mol. The summed E-state index contributed by atoms with van der Waals surface area (Å²) in [5, 5.41) is 0. The van der Waals surface area contributed by atoms with Gasteiger partial charge in [0.15, 0.2) is 0 Å². The van der Waals surface area contributed by atoms with Crippen LogP contribution in [0.4, 0.5) is 0 Å². The molecular weight excluding hydrogens is 260 g/mol. The lowest BCUT2D eigenvalue weighted by molar-refractivity contribution is 0.290. The van der Waals surface area contributed by atoms with E-state index in [1.807, 2.05) is 12.4 Å². The van der Waals surface area contributed by atoms with E-state index in [0.29, 0.717) is 18.0 Å². The maximum absolute atomic E-state index is 6.11. The van der Waals surface area contributed by atoms with Crippen molar-refractivity contribution < 1.29 is 0 Å². The zero-order valence-corrected chi connectivity index (χ0v) is 11.6. The Morgan fingerprint density at radius 3 is 3.11 bits per heavy atom. The summed E-state index contributed by atoms with van der Waals surface area (Å²) in [7, 11) is 0. The van der Waals surface area contributed by atoms with E-state index in [0.717, 1.165) is 11.3 Å². The van der Waals surface area contributed by atoms with Gasteiger partial charge in [0.05, 0.1) is 23.6 Å². The average molecular weight is 277 g/mol. The molecule has 2 aromatic heterocycles. The minimum absolute atomic E-state index is 0.470. The molecule has 0 spiro atoms. The van der Waals surface area contributed by atoms with E-state index >= 15 is 0 Å². The van der Waals surface area contributed by atoms with Gasteiger partial charge in [-0.15, -0.1) is 11.6 Å². The van der Waals surface area contributed by atoms with E-state index in [9.17, 15) is 0 Å². The fraction of sp³-hybridized carbons (Fsp3) is 0.571. The Kier molecular flexibility index (Phi) is 2.74. The van der Waals surface area contributed by atoms with Gasteiger partial charge in [-0.1, -0.05) is 0 Å². The summed E-state index contributed by atoms with van der Waals surface area (Å²) in [4.78, 5) is 11.4. The van der Waals surface area contributed by atoms with E-state index < -0.39 is 0 Å². The van der Waals surface area contributed by atoms with Gasteiger partial charge in [0.2, 0.25) is 0 Å². The Labute approximate surface area is 117 Å². The molecule has 4 nitrogen and oxygen atoms in total. The highest BCUT2D eigenvalue weighted by molar-refractivity contribution is 6.16. The summed E-state index contributed by atoms with van der Waals surface area (Å²) in [5.74, 6) is 1.46. The number of fused-ring (bicyclic) bond motifs is 2. The van der Waals surface area contributed by atoms with E-state index in [1.54, 1.807) is 0 Å². The highest BCUT2D eigenvalue weighted by atomic mass is 35.5. The number of pyridine rings is 1. The number of alkyl halides is 1. The molecule has 0 bridgehead atoms. The molecule has 0 aliphatic carbocycles. The maximum Gasteiger partial charge on any atom is 0.125 e. The molecule has 0 N–H and O–H groups in total. The van der Waals surface area contributed by atoms with Gasteiger partial charge in [-0.05, 0) is 31.9 Å². The molecule has 2 saturated heterocycles. The smallest absolute Gasteiger partial charge is 0.125 e. The number of nitrogens with zero attached hydrogens (tertiary/aromatic N) is 4. The van der Waals surface area contributed by atoms with Crippen molar-refractivity contribution in [1.82, 2.24) is 19.4 Å². The Morgan fingerprint density at radius 1 is 1.26 bits per heavy atom. The number of hydrogen-bond acceptors (Lipinski definition) is 3. The van der Waals surface area contributed by atoms with Gasteiger partial charge in [0.25, 0.3) is 0 Å². The maximum atomic E-state index is 6.11. The highest BCUT2D eigenvalue weighted by Crippen LogP contribution is 2.38. The standard InChI is InChI=1S/C14H17ClN4/c15-8-14-17-10-9-16-5-3-11(10)19(14)13-4-7-18-6-1-2-12(13)18/h3,5,9,12-13H,1-2,4,6-8H2. The number of halogens is 1. The van der Waals surface area contributed by atoms with E-state index in [4.69, 9.17) is 11.6 Å². The summed E-state index contributed by atoms with van der Waals surface area (Å²) >= 11 is 6.11. The summed E-state index contributed by atoms with van der Waals surface area (Å²) in [6, 6.07) is 3.27. The summed E-state index contributed by atoms with van der Waals surface area (Å²) in [6.45, 7) is 2.47. The van der Waals surface area contributed by atoms with Gasteiger partial charge in [0, 0.05) is 18.8 Å². The predicted molar refractivity (Wildman–Crippen MR) is 75.3 cm³/mol. The highest BCUT2D eigenvalue weighted by Gasteiger charge is 2.39. The quantitative estimate of drug-likeness (QED) is 0.791. The lowest BCUT2D eigenvalue weighted by Gasteiger charge is -2.23. The molecule has 4 heterocycles. The van der Waals surface area contributed by atoms with Crippen LogP contribution in [-0.2, 0) is 5.88 Å². The molecule has 19 heavy (non-hydrogen) atoms. The third-order valence-corrected chi connectivity index (χ3v) is 4.83. The molecule has 0 radical (unpaired) electrons. The van der Waals surface area contributed by atoms with Crippen molar-refractivity contribution in [2.75, 3.05) is 13.1 Å². The molecule has 5 heteroatoms. The van der Waals surface area contributed by atoms with Crippen molar-refractivity contribution in [3.05, 3.63) is 24.3 Å². The summed E-state index contributed by atoms with van der Waals surface area (Å²) in [6.07, 6.45) is 7.52. The van der Waals surface area contributed by atoms with Gasteiger partial charge in [-0.2, -0.15) is 0 Å². The van der Waals surface area contributed by atoms with Crippen LogP contribution in [0.1, 0.15) is 31.1 Å². The second-order valence-electron chi connectivity index (χ2n) is 5.50. The first kappa shape index (κ1) is 11.7. The van der Waals surface area contributed by atoms with Crippen molar-refractivity contribution in [2.24, 2.45) is 0 Å². The normalized spacial score (nSPS) is 27.2. The van der Waals surface area contributed by atoms with Crippen molar-refractivity contribution in [3.63, 3.8) is 0 Å². The fourth-order valence-corrected chi connectivity index (χ4v) is 4.01. The first-order valence-corrected chi connectivity index (χ1v) is 7.53. The summed E-state index contributed by atoms with van der Waals surface area (Å²) < 4.78 is 2.38. The fourth-order valence-electron chi connectivity index (χ4n) is 3.82. The van der Waals surface area contributed by atoms with Crippen LogP contribution in [0, 0.1) is 0 Å². The number of rotatable bonds is 2. The van der Waals surface area contributed by atoms with Crippen molar-refractivity contribution in [3.8, 4) is 0 Å². The third kappa shape index (κ3) is 1.70. The van der Waals surface area contributed by atoms with Crippen LogP contribution in [0.2, 0.25) is 0 Å². The molecule has 0 amide bonds. The van der Waals surface area contributed by atoms with Gasteiger partial charge in [-0.3, -0.25) is 9.88 Å². The second kappa shape index (κ2) is 4.46. The van der Waals surface area contributed by atoms with Crippen LogP contribution in [0.5, 0.6) is 0 Å². The number of aromatic nitrogens is 3. The molecule has 2 atom stereocenters. The molecule has 2 aromatic rings. The topological polar surface area (TPSA) is 34.0 Å². The van der Waals surface area contributed by atoms with Crippen molar-refractivity contribution in [2.45, 2.75) is 37.2 Å². The largest absolute Gasteiger partial charge is 0.322 e. The zero-order chi connectivity index (χ0) is 12.8. The lowest BCUT2D eigenvalue weighted by Crippen LogP contribution is -2.28. The molecular formula is C14H17ClN4. The number of hydrogen-bond donors (Lipinski definition) is 0. The van der Waals surface area contributed by atoms with Crippen molar-refractivity contribution >= 4 is 22.6 Å². The van der Waals surface area contributed by atoms with Crippen LogP contribution in [0.15, 0.2) is 18.5 Å². The Balaban J connectivity index is 1.85. The second-order valence-corrected chi connectivity index (χ2v) is 5.76. The van der Waals surface area contributed by atoms with Crippen LogP contribution in [0.3, 0.4) is 0 Å². The minimum Gasteiger partial charge on any atom is -0.322 e. The van der Waals surface area contributed by atoms with Gasteiger partial charge in [-0.25, -0.2) is 4.98 Å². The Bertz CT molecular complexity index is 609. The number of imidazole rings is 1. The third-order valence-electron chi connectivity index (χ3n) is 4.59. The Morgan fingerprint density at radius 2 is 2.21 bits per heavy atom. The predicted octanol–water partition coefficient (Wildman–Crippen LogP) is 2.58. The zero-order valence-electron chi connectivity index (χ0n) is 10.8. The molecule has 100 valence electrons.